The molecule has 0 bridgehead atoms. The average Bonchev–Trinajstić information content (AvgIpc) is 2.75. The van der Waals surface area contributed by atoms with Gasteiger partial charge in [0, 0.05) is 6.42 Å². The number of aliphatic hydroxyl groups is 1. The van der Waals surface area contributed by atoms with Crippen molar-refractivity contribution >= 4 is 17.9 Å². The lowest BCUT2D eigenvalue weighted by Crippen LogP contribution is -2.33. The zero-order valence-electron chi connectivity index (χ0n) is 20.7. The molecule has 7 nitrogen and oxygen atoms in total. The second-order valence-electron chi connectivity index (χ2n) is 8.62. The molecule has 0 aromatic carbocycles. The molecule has 32 heavy (non-hydrogen) atoms. The molecule has 0 heterocycles. The Bertz CT molecular complexity index is 505. The summed E-state index contributed by atoms with van der Waals surface area (Å²) in [5.74, 6) is -3.41. The van der Waals surface area contributed by atoms with Crippen LogP contribution in [0.5, 0.6) is 0 Å². The second kappa shape index (κ2) is 20.0. The lowest BCUT2D eigenvalue weighted by atomic mass is 9.91. The number of hydrogen-bond donors (Lipinski definition) is 1. The summed E-state index contributed by atoms with van der Waals surface area (Å²) in [4.78, 5) is 37.4. The van der Waals surface area contributed by atoms with Crippen molar-refractivity contribution in [3.05, 3.63) is 0 Å². The summed E-state index contributed by atoms with van der Waals surface area (Å²) in [5, 5.41) is 9.29. The fraction of sp³-hybridized carbons (Fsp3) is 0.880. The topological polar surface area (TPSA) is 99.1 Å². The van der Waals surface area contributed by atoms with Gasteiger partial charge in [-0.3, -0.25) is 14.4 Å². The summed E-state index contributed by atoms with van der Waals surface area (Å²) in [6.07, 6.45) is 9.78. The maximum Gasteiger partial charge on any atom is 0.310 e. The Kier molecular flexibility index (Phi) is 19.0. The number of ether oxygens (including phenoxy) is 3. The van der Waals surface area contributed by atoms with E-state index in [1.807, 2.05) is 0 Å². The molecule has 0 aliphatic carbocycles. The van der Waals surface area contributed by atoms with Crippen molar-refractivity contribution < 1.29 is 33.7 Å². The molecule has 0 amide bonds. The van der Waals surface area contributed by atoms with Crippen LogP contribution in [0.15, 0.2) is 0 Å². The highest BCUT2D eigenvalue weighted by Gasteiger charge is 2.35. The van der Waals surface area contributed by atoms with Gasteiger partial charge in [-0.25, -0.2) is 0 Å². The van der Waals surface area contributed by atoms with Gasteiger partial charge in [-0.1, -0.05) is 72.1 Å². The van der Waals surface area contributed by atoms with Crippen LogP contribution in [0, 0.1) is 11.8 Å². The lowest BCUT2D eigenvalue weighted by Gasteiger charge is -2.21. The van der Waals surface area contributed by atoms with E-state index in [9.17, 15) is 19.5 Å². The SMILES string of the molecule is CCCCCCCOC(=O)C(C)C(CC(=O)OCCC(C)O)C(=O)OCCCCCCC. The molecule has 0 spiro atoms. The Morgan fingerprint density at radius 3 is 1.69 bits per heavy atom. The van der Waals surface area contributed by atoms with Crippen molar-refractivity contribution in [2.75, 3.05) is 19.8 Å². The predicted molar refractivity (Wildman–Crippen MR) is 124 cm³/mol. The third-order valence-electron chi connectivity index (χ3n) is 5.45. The largest absolute Gasteiger partial charge is 0.466 e. The molecule has 3 atom stereocenters. The van der Waals surface area contributed by atoms with Gasteiger partial charge in [-0.15, -0.1) is 0 Å². The Hall–Kier alpha value is -1.63. The zero-order valence-corrected chi connectivity index (χ0v) is 20.7. The third-order valence-corrected chi connectivity index (χ3v) is 5.45. The standard InChI is InChI=1S/C25H46O7/c1-5-7-9-11-13-16-31-24(28)21(4)22(19-23(27)30-18-15-20(3)26)25(29)32-17-14-12-10-8-6-2/h20-22,26H,5-19H2,1-4H3. The lowest BCUT2D eigenvalue weighted by molar-refractivity contribution is -0.164. The average molecular weight is 459 g/mol. The quantitative estimate of drug-likeness (QED) is 0.156. The fourth-order valence-corrected chi connectivity index (χ4v) is 3.21. The highest BCUT2D eigenvalue weighted by atomic mass is 16.5. The number of hydrogen-bond acceptors (Lipinski definition) is 7. The van der Waals surface area contributed by atoms with Crippen molar-refractivity contribution in [1.82, 2.24) is 0 Å². The van der Waals surface area contributed by atoms with Gasteiger partial charge in [0.15, 0.2) is 0 Å². The Labute approximate surface area is 194 Å². The number of esters is 3. The maximum atomic E-state index is 12.7. The first-order valence-electron chi connectivity index (χ1n) is 12.5. The summed E-state index contributed by atoms with van der Waals surface area (Å²) in [6.45, 7) is 8.12. The monoisotopic (exact) mass is 458 g/mol. The molecule has 0 fully saturated rings. The van der Waals surface area contributed by atoms with E-state index in [-0.39, 0.29) is 19.6 Å². The van der Waals surface area contributed by atoms with E-state index in [0.717, 1.165) is 64.2 Å². The molecule has 3 unspecified atom stereocenters. The molecule has 0 radical (unpaired) electrons. The number of aliphatic hydroxyl groups excluding tert-OH is 1. The summed E-state index contributed by atoms with van der Waals surface area (Å²) in [6, 6.07) is 0. The minimum atomic E-state index is -0.947. The molecule has 7 heteroatoms. The zero-order chi connectivity index (χ0) is 24.2. The molecule has 1 N–H and O–H groups in total. The minimum Gasteiger partial charge on any atom is -0.466 e. The Morgan fingerprint density at radius 1 is 0.688 bits per heavy atom. The highest BCUT2D eigenvalue weighted by Crippen LogP contribution is 2.21. The van der Waals surface area contributed by atoms with Crippen LogP contribution in [0.3, 0.4) is 0 Å². The Morgan fingerprint density at radius 2 is 1.19 bits per heavy atom. The fourth-order valence-electron chi connectivity index (χ4n) is 3.21. The molecular formula is C25H46O7. The number of carbonyl (C=O) groups excluding carboxylic acids is 3. The van der Waals surface area contributed by atoms with E-state index in [1.165, 1.54) is 0 Å². The molecular weight excluding hydrogens is 412 g/mol. The van der Waals surface area contributed by atoms with Gasteiger partial charge in [0.25, 0.3) is 0 Å². The van der Waals surface area contributed by atoms with Crippen molar-refractivity contribution in [3.63, 3.8) is 0 Å². The van der Waals surface area contributed by atoms with Crippen molar-refractivity contribution in [2.45, 2.75) is 111 Å². The Balaban J connectivity index is 4.70. The van der Waals surface area contributed by atoms with E-state index in [4.69, 9.17) is 14.2 Å². The summed E-state index contributed by atoms with van der Waals surface area (Å²) in [7, 11) is 0. The van der Waals surface area contributed by atoms with E-state index in [1.54, 1.807) is 13.8 Å². The van der Waals surface area contributed by atoms with Crippen molar-refractivity contribution in [3.8, 4) is 0 Å². The van der Waals surface area contributed by atoms with Crippen LogP contribution in [0.2, 0.25) is 0 Å². The summed E-state index contributed by atoms with van der Waals surface area (Å²) >= 11 is 0. The van der Waals surface area contributed by atoms with Gasteiger partial charge in [0.05, 0.1) is 44.2 Å². The van der Waals surface area contributed by atoms with Crippen LogP contribution in [-0.4, -0.2) is 48.9 Å². The van der Waals surface area contributed by atoms with Gasteiger partial charge < -0.3 is 19.3 Å². The first-order chi connectivity index (χ1) is 15.3. The van der Waals surface area contributed by atoms with Gasteiger partial charge >= 0.3 is 17.9 Å². The third kappa shape index (κ3) is 16.1. The first-order valence-corrected chi connectivity index (χ1v) is 12.5. The minimum absolute atomic E-state index is 0.0618. The van der Waals surface area contributed by atoms with Crippen LogP contribution in [0.1, 0.15) is 105 Å². The van der Waals surface area contributed by atoms with E-state index in [0.29, 0.717) is 13.0 Å². The van der Waals surface area contributed by atoms with Gasteiger partial charge in [-0.05, 0) is 19.8 Å². The van der Waals surface area contributed by atoms with Crippen LogP contribution < -0.4 is 0 Å². The second-order valence-corrected chi connectivity index (χ2v) is 8.62. The molecule has 0 aliphatic rings. The summed E-state index contributed by atoms with van der Waals surface area (Å²) < 4.78 is 15.8. The molecule has 0 aromatic rings. The molecule has 0 saturated carbocycles. The molecule has 188 valence electrons. The normalized spacial score (nSPS) is 13.8. The van der Waals surface area contributed by atoms with E-state index < -0.39 is 35.8 Å². The van der Waals surface area contributed by atoms with Crippen LogP contribution in [0.4, 0.5) is 0 Å². The smallest absolute Gasteiger partial charge is 0.310 e. The van der Waals surface area contributed by atoms with Crippen molar-refractivity contribution in [2.24, 2.45) is 11.8 Å². The molecule has 0 saturated heterocycles. The van der Waals surface area contributed by atoms with Gasteiger partial charge in [0.2, 0.25) is 0 Å². The maximum absolute atomic E-state index is 12.7. The van der Waals surface area contributed by atoms with Gasteiger partial charge in [0.1, 0.15) is 0 Å². The van der Waals surface area contributed by atoms with E-state index >= 15 is 0 Å². The number of carbonyl (C=O) groups is 3. The molecule has 0 aromatic heterocycles. The van der Waals surface area contributed by atoms with Gasteiger partial charge in [-0.2, -0.15) is 0 Å². The van der Waals surface area contributed by atoms with Crippen LogP contribution >= 0.6 is 0 Å². The summed E-state index contributed by atoms with van der Waals surface area (Å²) in [5.41, 5.74) is 0. The highest BCUT2D eigenvalue weighted by molar-refractivity contribution is 5.85. The predicted octanol–water partition coefficient (Wildman–Crippen LogP) is 4.97. The number of unbranched alkanes of at least 4 members (excludes halogenated alkanes) is 8. The van der Waals surface area contributed by atoms with Crippen LogP contribution in [0.25, 0.3) is 0 Å². The molecule has 0 rings (SSSR count). The number of rotatable bonds is 20. The van der Waals surface area contributed by atoms with Crippen LogP contribution in [-0.2, 0) is 28.6 Å². The first kappa shape index (κ1) is 30.4. The molecule has 0 aliphatic heterocycles. The van der Waals surface area contributed by atoms with E-state index in [2.05, 4.69) is 13.8 Å². The van der Waals surface area contributed by atoms with Crippen molar-refractivity contribution in [1.29, 1.82) is 0 Å².